The number of anilines is 1. The van der Waals surface area contributed by atoms with E-state index in [1.807, 2.05) is 6.07 Å². The average molecular weight is 399 g/mol. The van der Waals surface area contributed by atoms with Gasteiger partial charge in [0.2, 0.25) is 0 Å². The van der Waals surface area contributed by atoms with Gasteiger partial charge in [-0.05, 0) is 36.4 Å². The van der Waals surface area contributed by atoms with Crippen molar-refractivity contribution in [2.45, 2.75) is 0 Å². The number of benzene rings is 2. The van der Waals surface area contributed by atoms with Crippen molar-refractivity contribution < 1.29 is 19.1 Å². The lowest BCUT2D eigenvalue weighted by Crippen LogP contribution is -2.21. The maximum absolute atomic E-state index is 12.0. The quantitative estimate of drug-likeness (QED) is 0.776. The predicted octanol–water partition coefficient (Wildman–Crippen LogP) is 3.91. The first-order valence-corrected chi connectivity index (χ1v) is 7.73. The molecule has 0 saturated carbocycles. The Labute approximate surface area is 146 Å². The van der Waals surface area contributed by atoms with E-state index in [-0.39, 0.29) is 5.56 Å². The van der Waals surface area contributed by atoms with E-state index >= 15 is 0 Å². The van der Waals surface area contributed by atoms with Crippen molar-refractivity contribution >= 4 is 45.1 Å². The third kappa shape index (κ3) is 4.97. The van der Waals surface area contributed by atoms with Crippen molar-refractivity contribution in [1.82, 2.24) is 0 Å². The summed E-state index contributed by atoms with van der Waals surface area (Å²) in [6.07, 6.45) is 0. The summed E-state index contributed by atoms with van der Waals surface area (Å²) in [4.78, 5) is 23.9. The molecule has 0 radical (unpaired) electrons. The molecule has 0 saturated heterocycles. The normalized spacial score (nSPS) is 10.0. The van der Waals surface area contributed by atoms with Crippen LogP contribution in [0.15, 0.2) is 46.9 Å². The number of ether oxygens (including phenoxy) is 2. The monoisotopic (exact) mass is 397 g/mol. The molecule has 0 fully saturated rings. The standard InChI is InChI=1S/C16H13BrClNO4/c1-22-14-6-5-11(18)8-13(14)16(21)23-9-15(20)19-12-4-2-3-10(17)7-12/h2-8H,9H2,1H3,(H,19,20). The third-order valence-electron chi connectivity index (χ3n) is 2.82. The Hall–Kier alpha value is -2.05. The van der Waals surface area contributed by atoms with E-state index in [0.717, 1.165) is 4.47 Å². The SMILES string of the molecule is COc1ccc(Cl)cc1C(=O)OCC(=O)Nc1cccc(Br)c1. The molecule has 0 aliphatic rings. The van der Waals surface area contributed by atoms with E-state index in [4.69, 9.17) is 21.1 Å². The lowest BCUT2D eigenvalue weighted by molar-refractivity contribution is -0.119. The van der Waals surface area contributed by atoms with Gasteiger partial charge in [-0.25, -0.2) is 4.79 Å². The van der Waals surface area contributed by atoms with Gasteiger partial charge in [0.1, 0.15) is 11.3 Å². The zero-order valence-corrected chi connectivity index (χ0v) is 14.5. The number of methoxy groups -OCH3 is 1. The van der Waals surface area contributed by atoms with Crippen LogP contribution in [0.1, 0.15) is 10.4 Å². The van der Waals surface area contributed by atoms with Crippen molar-refractivity contribution in [1.29, 1.82) is 0 Å². The molecule has 0 unspecified atom stereocenters. The van der Waals surface area contributed by atoms with Crippen molar-refractivity contribution in [3.63, 3.8) is 0 Å². The molecule has 0 atom stereocenters. The van der Waals surface area contributed by atoms with Crippen LogP contribution in [0.4, 0.5) is 5.69 Å². The first kappa shape index (κ1) is 17.3. The predicted molar refractivity (Wildman–Crippen MR) is 91.1 cm³/mol. The Bertz CT molecular complexity index is 736. The van der Waals surface area contributed by atoms with Crippen LogP contribution in [0.25, 0.3) is 0 Å². The fraction of sp³-hybridized carbons (Fsp3) is 0.125. The van der Waals surface area contributed by atoms with Crippen LogP contribution in [0.2, 0.25) is 5.02 Å². The van der Waals surface area contributed by atoms with Gasteiger partial charge in [-0.15, -0.1) is 0 Å². The second kappa shape index (κ2) is 7.99. The van der Waals surface area contributed by atoms with Crippen molar-refractivity contribution in [3.05, 3.63) is 57.5 Å². The van der Waals surface area contributed by atoms with Crippen molar-refractivity contribution in [2.24, 2.45) is 0 Å². The van der Waals surface area contributed by atoms with E-state index in [1.54, 1.807) is 30.3 Å². The van der Waals surface area contributed by atoms with E-state index in [9.17, 15) is 9.59 Å². The van der Waals surface area contributed by atoms with E-state index in [1.165, 1.54) is 13.2 Å². The summed E-state index contributed by atoms with van der Waals surface area (Å²) in [6.45, 7) is -0.416. The topological polar surface area (TPSA) is 64.6 Å². The molecule has 2 aromatic rings. The molecule has 23 heavy (non-hydrogen) atoms. The van der Waals surface area contributed by atoms with Crippen molar-refractivity contribution in [3.8, 4) is 5.75 Å². The minimum Gasteiger partial charge on any atom is -0.496 e. The molecule has 2 rings (SSSR count). The first-order valence-electron chi connectivity index (χ1n) is 6.55. The van der Waals surface area contributed by atoms with Crippen molar-refractivity contribution in [2.75, 3.05) is 19.0 Å². The van der Waals surface area contributed by atoms with Gasteiger partial charge in [0.05, 0.1) is 7.11 Å². The molecule has 5 nitrogen and oxygen atoms in total. The van der Waals surface area contributed by atoms with Crippen LogP contribution in [0, 0.1) is 0 Å². The zero-order chi connectivity index (χ0) is 16.8. The average Bonchev–Trinajstić information content (AvgIpc) is 2.52. The van der Waals surface area contributed by atoms with Gasteiger partial charge >= 0.3 is 5.97 Å². The smallest absolute Gasteiger partial charge is 0.342 e. The number of rotatable bonds is 5. The molecule has 1 N–H and O–H groups in total. The number of carbonyl (C=O) groups excluding carboxylic acids is 2. The molecular formula is C16H13BrClNO4. The van der Waals surface area contributed by atoms with Gasteiger partial charge in [-0.3, -0.25) is 4.79 Å². The lowest BCUT2D eigenvalue weighted by Gasteiger charge is -2.09. The van der Waals surface area contributed by atoms with Crippen LogP contribution in [0.5, 0.6) is 5.75 Å². The Morgan fingerprint density at radius 1 is 1.22 bits per heavy atom. The lowest BCUT2D eigenvalue weighted by atomic mass is 10.2. The van der Waals surface area contributed by atoms with Crippen LogP contribution in [0.3, 0.4) is 0 Å². The molecule has 0 bridgehead atoms. The third-order valence-corrected chi connectivity index (χ3v) is 3.55. The fourth-order valence-electron chi connectivity index (χ4n) is 1.81. The largest absolute Gasteiger partial charge is 0.496 e. The van der Waals surface area contributed by atoms with Gasteiger partial charge in [-0.2, -0.15) is 0 Å². The molecule has 0 aromatic heterocycles. The van der Waals surface area contributed by atoms with Gasteiger partial charge < -0.3 is 14.8 Å². The van der Waals surface area contributed by atoms with Gasteiger partial charge in [0.25, 0.3) is 5.91 Å². The summed E-state index contributed by atoms with van der Waals surface area (Å²) < 4.78 is 10.9. The molecule has 1 amide bonds. The number of nitrogens with one attached hydrogen (secondary N) is 1. The van der Waals surface area contributed by atoms with E-state index < -0.39 is 18.5 Å². The number of hydrogen-bond acceptors (Lipinski definition) is 4. The minimum atomic E-state index is -0.686. The first-order chi connectivity index (χ1) is 11.0. The molecule has 120 valence electrons. The second-order valence-corrected chi connectivity index (χ2v) is 5.83. The number of halogens is 2. The zero-order valence-electron chi connectivity index (χ0n) is 12.1. The van der Waals surface area contributed by atoms with Crippen LogP contribution >= 0.6 is 27.5 Å². The summed E-state index contributed by atoms with van der Waals surface area (Å²) in [5, 5.41) is 3.00. The van der Waals surface area contributed by atoms with E-state index in [0.29, 0.717) is 16.5 Å². The molecule has 2 aromatic carbocycles. The van der Waals surface area contributed by atoms with Gasteiger partial charge in [-0.1, -0.05) is 33.6 Å². The number of esters is 1. The fourth-order valence-corrected chi connectivity index (χ4v) is 2.38. The molecule has 0 spiro atoms. The highest BCUT2D eigenvalue weighted by Gasteiger charge is 2.16. The maximum Gasteiger partial charge on any atom is 0.342 e. The molecule has 0 aliphatic carbocycles. The molecular weight excluding hydrogens is 386 g/mol. The highest BCUT2D eigenvalue weighted by molar-refractivity contribution is 9.10. The summed E-state index contributed by atoms with van der Waals surface area (Å²) in [5.74, 6) is -0.807. The number of hydrogen-bond donors (Lipinski definition) is 1. The number of amides is 1. The maximum atomic E-state index is 12.0. The summed E-state index contributed by atoms with van der Waals surface area (Å²) in [6, 6.07) is 11.7. The Morgan fingerprint density at radius 3 is 2.70 bits per heavy atom. The highest BCUT2D eigenvalue weighted by Crippen LogP contribution is 2.23. The second-order valence-electron chi connectivity index (χ2n) is 4.48. The highest BCUT2D eigenvalue weighted by atomic mass is 79.9. The number of carbonyl (C=O) groups is 2. The summed E-state index contributed by atoms with van der Waals surface area (Å²) >= 11 is 9.16. The Kier molecular flexibility index (Phi) is 6.01. The Morgan fingerprint density at radius 2 is 2.00 bits per heavy atom. The molecule has 7 heteroatoms. The van der Waals surface area contributed by atoms with Gasteiger partial charge in [0.15, 0.2) is 6.61 Å². The van der Waals surface area contributed by atoms with Crippen LogP contribution in [-0.2, 0) is 9.53 Å². The van der Waals surface area contributed by atoms with Crippen LogP contribution < -0.4 is 10.1 Å². The summed E-state index contributed by atoms with van der Waals surface area (Å²) in [5.41, 5.74) is 0.760. The Balaban J connectivity index is 1.96. The molecule has 0 heterocycles. The van der Waals surface area contributed by atoms with Gasteiger partial charge in [0, 0.05) is 15.2 Å². The molecule has 0 aliphatic heterocycles. The van der Waals surface area contributed by atoms with Crippen LogP contribution in [-0.4, -0.2) is 25.6 Å². The minimum absolute atomic E-state index is 0.162. The summed E-state index contributed by atoms with van der Waals surface area (Å²) in [7, 11) is 1.43. The van der Waals surface area contributed by atoms with E-state index in [2.05, 4.69) is 21.2 Å².